The summed E-state index contributed by atoms with van der Waals surface area (Å²) >= 11 is 0. The van der Waals surface area contributed by atoms with Crippen LogP contribution in [0.1, 0.15) is 6.42 Å². The minimum absolute atomic E-state index is 0.163. The number of rotatable bonds is 4. The molecule has 0 atom stereocenters. The fraction of sp³-hybridized carbons (Fsp3) is 0.353. The largest absolute Gasteiger partial charge is 0.378 e. The Kier molecular flexibility index (Phi) is 4.69. The lowest BCUT2D eigenvalue weighted by Crippen LogP contribution is -2.38. The molecule has 0 amide bonds. The lowest BCUT2D eigenvalue weighted by molar-refractivity contribution is 0.122. The van der Waals surface area contributed by atoms with Crippen LogP contribution in [-0.4, -0.2) is 36.1 Å². The number of benzene rings is 1. The van der Waals surface area contributed by atoms with Crippen molar-refractivity contribution in [3.8, 4) is 17.2 Å². The molecule has 1 aliphatic rings. The van der Waals surface area contributed by atoms with Gasteiger partial charge in [-0.1, -0.05) is 30.3 Å². The van der Waals surface area contributed by atoms with E-state index in [1.165, 1.54) is 4.68 Å². The lowest BCUT2D eigenvalue weighted by atomic mass is 10.1. The van der Waals surface area contributed by atoms with Gasteiger partial charge in [0.25, 0.3) is 5.56 Å². The van der Waals surface area contributed by atoms with Crippen LogP contribution in [0.15, 0.2) is 41.2 Å². The maximum absolute atomic E-state index is 12.7. The van der Waals surface area contributed by atoms with Gasteiger partial charge in [-0.05, 0) is 11.6 Å². The fourth-order valence-electron chi connectivity index (χ4n) is 2.61. The van der Waals surface area contributed by atoms with E-state index in [4.69, 9.17) is 10.00 Å². The topological polar surface area (TPSA) is 71.2 Å². The van der Waals surface area contributed by atoms with E-state index in [0.29, 0.717) is 25.3 Å². The second-order valence-corrected chi connectivity index (χ2v) is 5.32. The minimum Gasteiger partial charge on any atom is -0.378 e. The first-order valence-corrected chi connectivity index (χ1v) is 7.67. The molecule has 2 aromatic rings. The minimum atomic E-state index is -0.163. The molecule has 0 radical (unpaired) electrons. The molecule has 6 nitrogen and oxygen atoms in total. The zero-order valence-electron chi connectivity index (χ0n) is 12.8. The summed E-state index contributed by atoms with van der Waals surface area (Å²) in [5, 5.41) is 13.2. The van der Waals surface area contributed by atoms with Crippen molar-refractivity contribution >= 4 is 5.82 Å². The van der Waals surface area contributed by atoms with E-state index in [1.54, 1.807) is 0 Å². The Morgan fingerprint density at radius 3 is 2.65 bits per heavy atom. The molecule has 1 aromatic carbocycles. The highest BCUT2D eigenvalue weighted by Crippen LogP contribution is 2.20. The van der Waals surface area contributed by atoms with Crippen molar-refractivity contribution in [2.45, 2.75) is 13.0 Å². The first-order chi connectivity index (χ1) is 11.3. The number of ether oxygens (including phenoxy) is 1. The standard InChI is InChI=1S/C17H18N4O2/c18-7-4-8-21-17(22)15(14-5-2-1-3-6-14)13-16(19-21)20-9-11-23-12-10-20/h1-3,5-6,13H,4,8-12H2. The summed E-state index contributed by atoms with van der Waals surface area (Å²) in [6, 6.07) is 13.5. The summed E-state index contributed by atoms with van der Waals surface area (Å²) in [5.74, 6) is 0.754. The van der Waals surface area contributed by atoms with Crippen molar-refractivity contribution in [1.82, 2.24) is 9.78 Å². The average Bonchev–Trinajstić information content (AvgIpc) is 2.62. The molecule has 0 N–H and O–H groups in total. The van der Waals surface area contributed by atoms with Gasteiger partial charge in [0.15, 0.2) is 0 Å². The molecule has 2 heterocycles. The van der Waals surface area contributed by atoms with Gasteiger partial charge in [-0.25, -0.2) is 4.68 Å². The first-order valence-electron chi connectivity index (χ1n) is 7.67. The van der Waals surface area contributed by atoms with Crippen molar-refractivity contribution in [1.29, 1.82) is 5.26 Å². The molecule has 118 valence electrons. The quantitative estimate of drug-likeness (QED) is 0.859. The maximum Gasteiger partial charge on any atom is 0.274 e. The predicted octanol–water partition coefficient (Wildman–Crippen LogP) is 1.66. The van der Waals surface area contributed by atoms with Gasteiger partial charge in [-0.2, -0.15) is 10.4 Å². The van der Waals surface area contributed by atoms with E-state index in [1.807, 2.05) is 36.4 Å². The van der Waals surface area contributed by atoms with Crippen LogP contribution in [0.4, 0.5) is 5.82 Å². The third-order valence-corrected chi connectivity index (χ3v) is 3.82. The Morgan fingerprint density at radius 2 is 1.96 bits per heavy atom. The average molecular weight is 310 g/mol. The van der Waals surface area contributed by atoms with Crippen molar-refractivity contribution in [2.75, 3.05) is 31.2 Å². The number of hydrogen-bond acceptors (Lipinski definition) is 5. The van der Waals surface area contributed by atoms with Crippen LogP contribution in [0.2, 0.25) is 0 Å². The molecule has 0 spiro atoms. The van der Waals surface area contributed by atoms with Crippen LogP contribution in [0, 0.1) is 11.3 Å². The Labute approximate surface area is 134 Å². The Hall–Kier alpha value is -2.65. The summed E-state index contributed by atoms with van der Waals surface area (Å²) in [5.41, 5.74) is 1.31. The number of aromatic nitrogens is 2. The van der Waals surface area contributed by atoms with Crippen molar-refractivity contribution in [2.24, 2.45) is 0 Å². The monoisotopic (exact) mass is 310 g/mol. The molecule has 23 heavy (non-hydrogen) atoms. The second kappa shape index (κ2) is 7.07. The van der Waals surface area contributed by atoms with Gasteiger partial charge < -0.3 is 9.64 Å². The highest BCUT2D eigenvalue weighted by atomic mass is 16.5. The van der Waals surface area contributed by atoms with E-state index < -0.39 is 0 Å². The predicted molar refractivity (Wildman–Crippen MR) is 87.2 cm³/mol. The molecule has 1 aliphatic heterocycles. The number of nitriles is 1. The smallest absolute Gasteiger partial charge is 0.274 e. The van der Waals surface area contributed by atoms with Crippen LogP contribution in [0.25, 0.3) is 11.1 Å². The second-order valence-electron chi connectivity index (χ2n) is 5.32. The zero-order valence-corrected chi connectivity index (χ0v) is 12.8. The number of hydrogen-bond donors (Lipinski definition) is 0. The van der Waals surface area contributed by atoms with Gasteiger partial charge in [0.2, 0.25) is 0 Å². The first kappa shape index (κ1) is 15.3. The Balaban J connectivity index is 2.06. The number of morpholine rings is 1. The molecule has 0 bridgehead atoms. The van der Waals surface area contributed by atoms with Crippen molar-refractivity contribution in [3.63, 3.8) is 0 Å². The third kappa shape index (κ3) is 3.41. The van der Waals surface area contributed by atoms with Gasteiger partial charge in [-0.15, -0.1) is 0 Å². The summed E-state index contributed by atoms with van der Waals surface area (Å²) < 4.78 is 6.77. The van der Waals surface area contributed by atoms with Crippen molar-refractivity contribution in [3.05, 3.63) is 46.8 Å². The zero-order chi connectivity index (χ0) is 16.1. The van der Waals surface area contributed by atoms with Crippen LogP contribution in [-0.2, 0) is 11.3 Å². The van der Waals surface area contributed by atoms with Crippen LogP contribution < -0.4 is 10.5 Å². The van der Waals surface area contributed by atoms with Crippen LogP contribution in [0.3, 0.4) is 0 Å². The van der Waals surface area contributed by atoms with E-state index in [9.17, 15) is 4.79 Å². The molecule has 0 saturated carbocycles. The molecule has 6 heteroatoms. The van der Waals surface area contributed by atoms with E-state index in [-0.39, 0.29) is 12.0 Å². The van der Waals surface area contributed by atoms with Crippen molar-refractivity contribution < 1.29 is 4.74 Å². The summed E-state index contributed by atoms with van der Waals surface area (Å²) in [6.07, 6.45) is 0.258. The number of nitrogens with zero attached hydrogens (tertiary/aromatic N) is 4. The molecule has 1 aromatic heterocycles. The van der Waals surface area contributed by atoms with Crippen LogP contribution >= 0.6 is 0 Å². The van der Waals surface area contributed by atoms with Gasteiger partial charge in [-0.3, -0.25) is 4.79 Å². The van der Waals surface area contributed by atoms with E-state index >= 15 is 0 Å². The summed E-state index contributed by atoms with van der Waals surface area (Å²) in [6.45, 7) is 3.10. The third-order valence-electron chi connectivity index (χ3n) is 3.82. The Morgan fingerprint density at radius 1 is 1.22 bits per heavy atom. The molecule has 1 saturated heterocycles. The van der Waals surface area contributed by atoms with Gasteiger partial charge in [0.1, 0.15) is 5.82 Å². The number of aryl methyl sites for hydroxylation is 1. The molecule has 1 fully saturated rings. The highest BCUT2D eigenvalue weighted by Gasteiger charge is 2.17. The molecule has 3 rings (SSSR count). The SMILES string of the molecule is N#CCCn1nc(N2CCOCC2)cc(-c2ccccc2)c1=O. The summed E-state index contributed by atoms with van der Waals surface area (Å²) in [7, 11) is 0. The van der Waals surface area contributed by atoms with E-state index in [2.05, 4.69) is 16.1 Å². The number of anilines is 1. The van der Waals surface area contributed by atoms with Gasteiger partial charge >= 0.3 is 0 Å². The highest BCUT2D eigenvalue weighted by molar-refractivity contribution is 5.65. The molecular formula is C17H18N4O2. The Bertz CT molecular complexity index is 758. The van der Waals surface area contributed by atoms with Gasteiger partial charge in [0, 0.05) is 13.1 Å². The normalized spacial score (nSPS) is 14.5. The maximum atomic E-state index is 12.7. The summed E-state index contributed by atoms with van der Waals surface area (Å²) in [4.78, 5) is 14.8. The van der Waals surface area contributed by atoms with Crippen LogP contribution in [0.5, 0.6) is 0 Å². The molecular weight excluding hydrogens is 292 g/mol. The van der Waals surface area contributed by atoms with Gasteiger partial charge in [0.05, 0.1) is 37.8 Å². The lowest BCUT2D eigenvalue weighted by Gasteiger charge is -2.28. The molecule has 0 unspecified atom stereocenters. The van der Waals surface area contributed by atoms with E-state index in [0.717, 1.165) is 24.5 Å². The fourth-order valence-corrected chi connectivity index (χ4v) is 2.61. The molecule has 0 aliphatic carbocycles.